The minimum Gasteiger partial charge on any atom is -0.469 e. The maximum atomic E-state index is 5.75. The number of aryl methyl sites for hydroxylation is 2. The molecule has 0 amide bonds. The summed E-state index contributed by atoms with van der Waals surface area (Å²) in [5.41, 5.74) is 1.23. The van der Waals surface area contributed by atoms with Gasteiger partial charge in [0.05, 0.1) is 12.9 Å². The first-order valence-electron chi connectivity index (χ1n) is 6.48. The number of nitrogens with zero attached hydrogens (tertiary/aromatic N) is 3. The van der Waals surface area contributed by atoms with Crippen molar-refractivity contribution < 1.29 is 9.15 Å². The van der Waals surface area contributed by atoms with Crippen LogP contribution in [0.4, 0.5) is 0 Å². The minimum atomic E-state index is -0.0501. The quantitative estimate of drug-likeness (QED) is 0.909. The van der Waals surface area contributed by atoms with Crippen LogP contribution < -0.4 is 0 Å². The second-order valence-corrected chi connectivity index (χ2v) is 4.88. The van der Waals surface area contributed by atoms with Crippen molar-refractivity contribution in [1.82, 2.24) is 20.1 Å². The Kier molecular flexibility index (Phi) is 3.35. The van der Waals surface area contributed by atoms with Gasteiger partial charge in [-0.05, 0) is 19.9 Å². The first-order chi connectivity index (χ1) is 9.22. The summed E-state index contributed by atoms with van der Waals surface area (Å²) >= 11 is 0. The molecule has 0 unspecified atom stereocenters. The van der Waals surface area contributed by atoms with Crippen molar-refractivity contribution >= 4 is 0 Å². The number of morpholine rings is 1. The van der Waals surface area contributed by atoms with E-state index < -0.39 is 0 Å². The van der Waals surface area contributed by atoms with E-state index in [1.54, 1.807) is 6.26 Å². The van der Waals surface area contributed by atoms with E-state index in [1.807, 2.05) is 19.9 Å². The number of rotatable bonds is 3. The van der Waals surface area contributed by atoms with Crippen LogP contribution in [-0.4, -0.2) is 39.8 Å². The lowest BCUT2D eigenvalue weighted by molar-refractivity contribution is -0.0371. The SMILES string of the molecule is Cc1nc([C@@H]2CN(Cc3ccoc3C)CCO2)n[nH]1. The molecule has 0 saturated carbocycles. The predicted octanol–water partition coefficient (Wildman–Crippen LogP) is 1.59. The van der Waals surface area contributed by atoms with Crippen LogP contribution in [0.2, 0.25) is 0 Å². The van der Waals surface area contributed by atoms with E-state index in [9.17, 15) is 0 Å². The topological polar surface area (TPSA) is 67.2 Å². The fourth-order valence-electron chi connectivity index (χ4n) is 2.32. The van der Waals surface area contributed by atoms with E-state index in [4.69, 9.17) is 9.15 Å². The molecule has 19 heavy (non-hydrogen) atoms. The number of ether oxygens (including phenoxy) is 1. The molecular formula is C13H18N4O2. The lowest BCUT2D eigenvalue weighted by Crippen LogP contribution is -2.38. The predicted molar refractivity (Wildman–Crippen MR) is 68.5 cm³/mol. The average molecular weight is 262 g/mol. The number of hydrogen-bond donors (Lipinski definition) is 1. The number of nitrogens with one attached hydrogen (secondary N) is 1. The monoisotopic (exact) mass is 262 g/mol. The van der Waals surface area contributed by atoms with Crippen LogP contribution in [0, 0.1) is 13.8 Å². The molecule has 0 aromatic carbocycles. The van der Waals surface area contributed by atoms with Crippen LogP contribution in [0.5, 0.6) is 0 Å². The molecule has 6 nitrogen and oxygen atoms in total. The molecule has 2 aromatic rings. The molecule has 3 rings (SSSR count). The summed E-state index contributed by atoms with van der Waals surface area (Å²) in [4.78, 5) is 6.69. The minimum absolute atomic E-state index is 0.0501. The molecule has 1 saturated heterocycles. The van der Waals surface area contributed by atoms with E-state index in [-0.39, 0.29) is 6.10 Å². The maximum Gasteiger partial charge on any atom is 0.180 e. The van der Waals surface area contributed by atoms with E-state index in [1.165, 1.54) is 5.56 Å². The standard InChI is InChI=1S/C13H18N4O2/c1-9-11(3-5-18-9)7-17-4-6-19-12(8-17)13-14-10(2)15-16-13/h3,5,12H,4,6-8H2,1-2H3,(H,14,15,16)/t12-/m0/s1. The molecule has 0 spiro atoms. The fraction of sp³-hybridized carbons (Fsp3) is 0.538. The van der Waals surface area contributed by atoms with Gasteiger partial charge in [-0.25, -0.2) is 4.98 Å². The Balaban J connectivity index is 1.66. The highest BCUT2D eigenvalue weighted by molar-refractivity contribution is 5.15. The third-order valence-electron chi connectivity index (χ3n) is 3.41. The van der Waals surface area contributed by atoms with E-state index in [2.05, 4.69) is 20.1 Å². The van der Waals surface area contributed by atoms with Gasteiger partial charge >= 0.3 is 0 Å². The van der Waals surface area contributed by atoms with E-state index in [0.29, 0.717) is 6.61 Å². The summed E-state index contributed by atoms with van der Waals surface area (Å²) in [6, 6.07) is 2.02. The van der Waals surface area contributed by atoms with Crippen molar-refractivity contribution in [3.8, 4) is 0 Å². The Morgan fingerprint density at radius 2 is 2.37 bits per heavy atom. The Bertz CT molecular complexity index is 548. The van der Waals surface area contributed by atoms with Gasteiger partial charge in [0.2, 0.25) is 0 Å². The van der Waals surface area contributed by atoms with Crippen LogP contribution in [-0.2, 0) is 11.3 Å². The van der Waals surface area contributed by atoms with Crippen LogP contribution in [0.3, 0.4) is 0 Å². The third kappa shape index (κ3) is 2.69. The van der Waals surface area contributed by atoms with Crippen molar-refractivity contribution in [3.05, 3.63) is 35.3 Å². The number of H-pyrrole nitrogens is 1. The van der Waals surface area contributed by atoms with Gasteiger partial charge in [0.1, 0.15) is 17.7 Å². The largest absolute Gasteiger partial charge is 0.469 e. The van der Waals surface area contributed by atoms with Gasteiger partial charge < -0.3 is 9.15 Å². The van der Waals surface area contributed by atoms with Crippen molar-refractivity contribution in [2.75, 3.05) is 19.7 Å². The number of aromatic nitrogens is 3. The lowest BCUT2D eigenvalue weighted by Gasteiger charge is -2.31. The molecule has 0 radical (unpaired) electrons. The molecular weight excluding hydrogens is 244 g/mol. The summed E-state index contributed by atoms with van der Waals surface area (Å²) in [5.74, 6) is 2.55. The van der Waals surface area contributed by atoms with E-state index >= 15 is 0 Å². The van der Waals surface area contributed by atoms with E-state index in [0.717, 1.165) is 37.0 Å². The van der Waals surface area contributed by atoms with Crippen LogP contribution in [0.25, 0.3) is 0 Å². The Hall–Kier alpha value is -1.66. The second kappa shape index (κ2) is 5.14. The normalized spacial score (nSPS) is 20.8. The first-order valence-corrected chi connectivity index (χ1v) is 6.48. The summed E-state index contributed by atoms with van der Waals surface area (Å²) in [6.45, 7) is 7.20. The van der Waals surface area contributed by atoms with Gasteiger partial charge in [-0.2, -0.15) is 5.10 Å². The second-order valence-electron chi connectivity index (χ2n) is 4.88. The molecule has 1 N–H and O–H groups in total. The lowest BCUT2D eigenvalue weighted by atomic mass is 10.2. The molecule has 0 bridgehead atoms. The molecule has 1 atom stereocenters. The highest BCUT2D eigenvalue weighted by atomic mass is 16.5. The maximum absolute atomic E-state index is 5.75. The Morgan fingerprint density at radius 1 is 1.47 bits per heavy atom. The van der Waals surface area contributed by atoms with Crippen molar-refractivity contribution in [2.24, 2.45) is 0 Å². The molecule has 1 aliphatic heterocycles. The van der Waals surface area contributed by atoms with Crippen molar-refractivity contribution in [1.29, 1.82) is 0 Å². The summed E-state index contributed by atoms with van der Waals surface area (Å²) < 4.78 is 11.1. The zero-order valence-corrected chi connectivity index (χ0v) is 11.2. The van der Waals surface area contributed by atoms with Gasteiger partial charge in [0.25, 0.3) is 0 Å². The first kappa shape index (κ1) is 12.4. The van der Waals surface area contributed by atoms with Crippen molar-refractivity contribution in [2.45, 2.75) is 26.5 Å². The molecule has 1 aliphatic rings. The van der Waals surface area contributed by atoms with Gasteiger partial charge in [0.15, 0.2) is 5.82 Å². The molecule has 3 heterocycles. The van der Waals surface area contributed by atoms with Gasteiger partial charge in [-0.15, -0.1) is 0 Å². The van der Waals surface area contributed by atoms with Gasteiger partial charge in [-0.1, -0.05) is 0 Å². The highest BCUT2D eigenvalue weighted by Gasteiger charge is 2.25. The Morgan fingerprint density at radius 3 is 3.05 bits per heavy atom. The molecule has 2 aromatic heterocycles. The zero-order chi connectivity index (χ0) is 13.2. The number of furan rings is 1. The molecule has 102 valence electrons. The molecule has 1 fully saturated rings. The molecule has 0 aliphatic carbocycles. The van der Waals surface area contributed by atoms with Crippen molar-refractivity contribution in [3.63, 3.8) is 0 Å². The highest BCUT2D eigenvalue weighted by Crippen LogP contribution is 2.21. The number of hydrogen-bond acceptors (Lipinski definition) is 5. The van der Waals surface area contributed by atoms with Gasteiger partial charge in [-0.3, -0.25) is 10.00 Å². The van der Waals surface area contributed by atoms with Crippen LogP contribution in [0.15, 0.2) is 16.7 Å². The summed E-state index contributed by atoms with van der Waals surface area (Å²) in [6.07, 6.45) is 1.69. The number of aromatic amines is 1. The van der Waals surface area contributed by atoms with Crippen LogP contribution >= 0.6 is 0 Å². The third-order valence-corrected chi connectivity index (χ3v) is 3.41. The fourth-order valence-corrected chi connectivity index (χ4v) is 2.32. The molecule has 6 heteroatoms. The zero-order valence-electron chi connectivity index (χ0n) is 11.2. The summed E-state index contributed by atoms with van der Waals surface area (Å²) in [5, 5.41) is 7.04. The summed E-state index contributed by atoms with van der Waals surface area (Å²) in [7, 11) is 0. The van der Waals surface area contributed by atoms with Gasteiger partial charge in [0, 0.05) is 25.2 Å². The smallest absolute Gasteiger partial charge is 0.180 e. The van der Waals surface area contributed by atoms with Crippen LogP contribution in [0.1, 0.15) is 29.1 Å². The Labute approximate surface area is 111 Å². The average Bonchev–Trinajstić information content (AvgIpc) is 3.00.